The molecule has 0 aromatic heterocycles. The molecule has 0 heterocycles. The Morgan fingerprint density at radius 2 is 1.31 bits per heavy atom. The van der Waals surface area contributed by atoms with Gasteiger partial charge in [-0.1, -0.05) is 12.8 Å². The summed E-state index contributed by atoms with van der Waals surface area (Å²) in [6.45, 7) is 1.24. The lowest BCUT2D eigenvalue weighted by Crippen LogP contribution is -2.43. The van der Waals surface area contributed by atoms with Crippen LogP contribution < -0.4 is 4.72 Å². The number of unbranched alkanes of at least 4 members (excludes halogenated alkanes) is 3. The zero-order chi connectivity index (χ0) is 20.3. The number of hydrogen-bond acceptors (Lipinski definition) is 7. The molecule has 0 aliphatic heterocycles. The molecule has 0 fully saturated rings. The Morgan fingerprint density at radius 3 is 1.77 bits per heavy atom. The second kappa shape index (κ2) is 12.4. The van der Waals surface area contributed by atoms with Gasteiger partial charge in [0.15, 0.2) is 0 Å². The average Bonchev–Trinajstić information content (AvgIpc) is 2.54. The van der Waals surface area contributed by atoms with Crippen LogP contribution in [0.15, 0.2) is 0 Å². The first-order valence-electron chi connectivity index (χ1n) is 8.55. The van der Waals surface area contributed by atoms with Gasteiger partial charge < -0.3 is 13.3 Å². The fourth-order valence-corrected chi connectivity index (χ4v) is 5.64. The van der Waals surface area contributed by atoms with Gasteiger partial charge in [0.1, 0.15) is 0 Å². The highest BCUT2D eigenvalue weighted by Crippen LogP contribution is 2.16. The third-order valence-electron chi connectivity index (χ3n) is 3.99. The molecule has 0 aromatic rings. The molecular formula is C14H34N2O7S2Si. The molecule has 0 aromatic carbocycles. The van der Waals surface area contributed by atoms with Gasteiger partial charge in [0, 0.05) is 47.0 Å². The quantitative estimate of drug-likeness (QED) is 0.280. The van der Waals surface area contributed by atoms with Gasteiger partial charge >= 0.3 is 8.80 Å². The van der Waals surface area contributed by atoms with E-state index in [2.05, 4.69) is 4.72 Å². The Bertz CT molecular complexity index is 572. The lowest BCUT2D eigenvalue weighted by molar-refractivity contribution is 0.122. The second-order valence-corrected chi connectivity index (χ2v) is 13.0. The molecule has 1 N–H and O–H groups in total. The molecule has 0 aliphatic carbocycles. The van der Waals surface area contributed by atoms with E-state index in [1.807, 2.05) is 0 Å². The molecule has 158 valence electrons. The fourth-order valence-electron chi connectivity index (χ4n) is 2.50. The molecule has 0 amide bonds. The molecule has 0 aliphatic rings. The van der Waals surface area contributed by atoms with Crippen LogP contribution in [0, 0.1) is 0 Å². The number of sulfonamides is 2. The topological polar surface area (TPSA) is 111 Å². The van der Waals surface area contributed by atoms with Crippen LogP contribution in [0.4, 0.5) is 0 Å². The molecule has 0 saturated heterocycles. The maximum Gasteiger partial charge on any atom is 0.500 e. The standard InChI is InChI=1S/C14H34N2O7S2Si/c1-21-26(22-2,23-3)14-10-13-16(25(5,19)20)12-9-7-6-8-11-15-24(4,17)18/h15H,6-14H2,1-5H3. The minimum atomic E-state index is -3.28. The van der Waals surface area contributed by atoms with Crippen molar-refractivity contribution in [2.45, 2.75) is 38.1 Å². The second-order valence-electron chi connectivity index (χ2n) is 6.14. The van der Waals surface area contributed by atoms with Crippen molar-refractivity contribution in [2.75, 3.05) is 53.5 Å². The van der Waals surface area contributed by atoms with Crippen LogP contribution in [0.3, 0.4) is 0 Å². The Balaban J connectivity index is 4.23. The summed E-state index contributed by atoms with van der Waals surface area (Å²) in [4.78, 5) is 0. The van der Waals surface area contributed by atoms with Gasteiger partial charge in [-0.2, -0.15) is 0 Å². The van der Waals surface area contributed by atoms with Crippen LogP contribution in [0.25, 0.3) is 0 Å². The summed E-state index contributed by atoms with van der Waals surface area (Å²) in [6, 6.07) is 0.541. The van der Waals surface area contributed by atoms with Crippen LogP contribution >= 0.6 is 0 Å². The minimum Gasteiger partial charge on any atom is -0.377 e. The maximum absolute atomic E-state index is 11.9. The fraction of sp³-hybridized carbons (Fsp3) is 1.00. The van der Waals surface area contributed by atoms with Crippen LogP contribution in [-0.4, -0.2) is 83.4 Å². The van der Waals surface area contributed by atoms with Crippen molar-refractivity contribution in [1.29, 1.82) is 0 Å². The molecule has 0 spiro atoms. The van der Waals surface area contributed by atoms with Crippen LogP contribution in [0.5, 0.6) is 0 Å². The minimum absolute atomic E-state index is 0.388. The summed E-state index contributed by atoms with van der Waals surface area (Å²) in [5, 5.41) is 0. The van der Waals surface area contributed by atoms with E-state index in [4.69, 9.17) is 13.3 Å². The zero-order valence-electron chi connectivity index (χ0n) is 16.5. The molecule has 9 nitrogen and oxygen atoms in total. The van der Waals surface area contributed by atoms with Crippen molar-refractivity contribution in [3.8, 4) is 0 Å². The van der Waals surface area contributed by atoms with Crippen LogP contribution in [-0.2, 0) is 33.3 Å². The molecule has 0 atom stereocenters. The monoisotopic (exact) mass is 434 g/mol. The largest absolute Gasteiger partial charge is 0.500 e. The van der Waals surface area contributed by atoms with Gasteiger partial charge in [-0.3, -0.25) is 0 Å². The summed E-state index contributed by atoms with van der Waals surface area (Å²) >= 11 is 0. The first kappa shape index (κ1) is 25.9. The van der Waals surface area contributed by atoms with Gasteiger partial charge in [0.2, 0.25) is 20.0 Å². The number of nitrogens with zero attached hydrogens (tertiary/aromatic N) is 1. The molecule has 0 radical (unpaired) electrons. The molecule has 0 bridgehead atoms. The lowest BCUT2D eigenvalue weighted by atomic mass is 10.2. The van der Waals surface area contributed by atoms with Crippen molar-refractivity contribution < 1.29 is 30.1 Å². The van der Waals surface area contributed by atoms with Crippen molar-refractivity contribution in [2.24, 2.45) is 0 Å². The predicted molar refractivity (Wildman–Crippen MR) is 104 cm³/mol. The lowest BCUT2D eigenvalue weighted by Gasteiger charge is -2.26. The van der Waals surface area contributed by atoms with E-state index in [0.29, 0.717) is 32.1 Å². The summed E-state index contributed by atoms with van der Waals surface area (Å²) in [5.74, 6) is 0. The van der Waals surface area contributed by atoms with Crippen LogP contribution in [0.2, 0.25) is 6.04 Å². The van der Waals surface area contributed by atoms with Crippen molar-refractivity contribution in [3.63, 3.8) is 0 Å². The van der Waals surface area contributed by atoms with Gasteiger partial charge in [-0.25, -0.2) is 25.9 Å². The molecule has 0 rings (SSSR count). The average molecular weight is 435 g/mol. The number of hydrogen-bond donors (Lipinski definition) is 1. The van der Waals surface area contributed by atoms with E-state index in [1.165, 1.54) is 31.9 Å². The molecule has 12 heteroatoms. The van der Waals surface area contributed by atoms with Crippen molar-refractivity contribution in [3.05, 3.63) is 0 Å². The third-order valence-corrected chi connectivity index (χ3v) is 8.85. The first-order valence-corrected chi connectivity index (χ1v) is 14.2. The Labute approximate surface area is 159 Å². The van der Waals surface area contributed by atoms with Crippen LogP contribution in [0.1, 0.15) is 32.1 Å². The van der Waals surface area contributed by atoms with Gasteiger partial charge in [-0.15, -0.1) is 0 Å². The van der Waals surface area contributed by atoms with E-state index < -0.39 is 28.9 Å². The summed E-state index contributed by atoms with van der Waals surface area (Å²) in [6.07, 6.45) is 6.06. The Kier molecular flexibility index (Phi) is 12.4. The summed E-state index contributed by atoms with van der Waals surface area (Å²) < 4.78 is 65.7. The Morgan fingerprint density at radius 1 is 0.808 bits per heavy atom. The molecule has 0 unspecified atom stereocenters. The van der Waals surface area contributed by atoms with Crippen molar-refractivity contribution in [1.82, 2.24) is 9.03 Å². The SMILES string of the molecule is CO[Si](CCCN(CCCCCCNS(C)(=O)=O)S(C)(=O)=O)(OC)OC. The van der Waals surface area contributed by atoms with E-state index in [-0.39, 0.29) is 0 Å². The smallest absolute Gasteiger partial charge is 0.377 e. The molecule has 0 saturated carbocycles. The van der Waals surface area contributed by atoms with E-state index in [9.17, 15) is 16.8 Å². The Hall–Kier alpha value is -0.0831. The van der Waals surface area contributed by atoms with E-state index >= 15 is 0 Å². The van der Waals surface area contributed by atoms with Gasteiger partial charge in [0.05, 0.1) is 12.5 Å². The highest BCUT2D eigenvalue weighted by Gasteiger charge is 2.37. The normalized spacial score (nSPS) is 13.5. The predicted octanol–water partition coefficient (Wildman–Crippen LogP) is 0.626. The zero-order valence-corrected chi connectivity index (χ0v) is 19.1. The highest BCUT2D eigenvalue weighted by atomic mass is 32.2. The third kappa shape index (κ3) is 11.6. The molecule has 26 heavy (non-hydrogen) atoms. The van der Waals surface area contributed by atoms with Crippen molar-refractivity contribution >= 4 is 28.9 Å². The highest BCUT2D eigenvalue weighted by molar-refractivity contribution is 7.88. The van der Waals surface area contributed by atoms with Gasteiger partial charge in [-0.05, 0) is 19.3 Å². The van der Waals surface area contributed by atoms with Gasteiger partial charge in [0.25, 0.3) is 0 Å². The molecular weight excluding hydrogens is 400 g/mol. The van der Waals surface area contributed by atoms with E-state index in [0.717, 1.165) is 31.9 Å². The van der Waals surface area contributed by atoms with E-state index in [1.54, 1.807) is 0 Å². The number of nitrogens with one attached hydrogen (secondary N) is 1. The summed E-state index contributed by atoms with van der Waals surface area (Å²) in [7, 11) is -4.52. The summed E-state index contributed by atoms with van der Waals surface area (Å²) in [5.41, 5.74) is 0. The first-order chi connectivity index (χ1) is 12.0. The maximum atomic E-state index is 11.9. The number of rotatable bonds is 16.